The van der Waals surface area contributed by atoms with Crippen molar-refractivity contribution in [2.75, 3.05) is 0 Å². The maximum Gasteiger partial charge on any atom is 0.0554 e. The van der Waals surface area contributed by atoms with Crippen molar-refractivity contribution in [2.45, 2.75) is 51.6 Å². The summed E-state index contributed by atoms with van der Waals surface area (Å²) in [5.41, 5.74) is 8.94. The third-order valence-electron chi connectivity index (χ3n) is 3.30. The van der Waals surface area contributed by atoms with E-state index in [1.807, 2.05) is 16.9 Å². The minimum Gasteiger partial charge on any atom is -0.322 e. The number of hydrogen-bond donors (Lipinski definition) is 1. The Balaban J connectivity index is 2.02. The van der Waals surface area contributed by atoms with Gasteiger partial charge in [-0.1, -0.05) is 11.6 Å². The van der Waals surface area contributed by atoms with Crippen LogP contribution in [0.15, 0.2) is 23.9 Å². The van der Waals surface area contributed by atoms with Gasteiger partial charge in [-0.15, -0.1) is 0 Å². The molecule has 0 bridgehead atoms. The van der Waals surface area contributed by atoms with Crippen LogP contribution in [0.1, 0.15) is 50.8 Å². The smallest absolute Gasteiger partial charge is 0.0554 e. The van der Waals surface area contributed by atoms with Crippen LogP contribution in [-0.4, -0.2) is 9.78 Å². The molecule has 1 atom stereocenters. The zero-order valence-corrected chi connectivity index (χ0v) is 10.0. The average Bonchev–Trinajstić information content (AvgIpc) is 2.78. The molecule has 1 heterocycles. The average molecular weight is 219 g/mol. The molecule has 0 radical (unpaired) electrons. The van der Waals surface area contributed by atoms with Crippen LogP contribution in [0.25, 0.3) is 0 Å². The molecule has 3 nitrogen and oxygen atoms in total. The van der Waals surface area contributed by atoms with Crippen LogP contribution < -0.4 is 5.73 Å². The summed E-state index contributed by atoms with van der Waals surface area (Å²) in [4.78, 5) is 0. The summed E-state index contributed by atoms with van der Waals surface area (Å²) in [6.07, 6.45) is 10.3. The molecule has 1 aromatic heterocycles. The zero-order chi connectivity index (χ0) is 11.4. The van der Waals surface area contributed by atoms with E-state index in [9.17, 15) is 0 Å². The molecule has 0 saturated heterocycles. The highest BCUT2D eigenvalue weighted by Gasteiger charge is 2.14. The molecule has 0 saturated carbocycles. The first-order valence-electron chi connectivity index (χ1n) is 6.26. The van der Waals surface area contributed by atoms with Crippen LogP contribution in [-0.2, 0) is 6.54 Å². The summed E-state index contributed by atoms with van der Waals surface area (Å²) in [7, 11) is 0. The molecule has 88 valence electrons. The van der Waals surface area contributed by atoms with E-state index in [2.05, 4.69) is 18.1 Å². The normalized spacial score (nSPS) is 18.2. The quantitative estimate of drug-likeness (QED) is 0.791. The SMILES string of the molecule is CCn1nccc1C(N)CC1=CCCCC1. The number of rotatable bonds is 4. The lowest BCUT2D eigenvalue weighted by atomic mass is 9.93. The van der Waals surface area contributed by atoms with Crippen LogP contribution >= 0.6 is 0 Å². The maximum absolute atomic E-state index is 6.25. The topological polar surface area (TPSA) is 43.8 Å². The fourth-order valence-electron chi connectivity index (χ4n) is 2.40. The molecule has 0 aromatic carbocycles. The molecule has 2 rings (SSSR count). The van der Waals surface area contributed by atoms with Crippen molar-refractivity contribution in [1.29, 1.82) is 0 Å². The van der Waals surface area contributed by atoms with Crippen molar-refractivity contribution in [3.8, 4) is 0 Å². The number of nitrogens with two attached hydrogens (primary N) is 1. The molecule has 3 heteroatoms. The molecule has 1 aliphatic rings. The van der Waals surface area contributed by atoms with E-state index >= 15 is 0 Å². The van der Waals surface area contributed by atoms with Gasteiger partial charge in [0.25, 0.3) is 0 Å². The largest absolute Gasteiger partial charge is 0.322 e. The minimum absolute atomic E-state index is 0.104. The molecule has 0 amide bonds. The summed E-state index contributed by atoms with van der Waals surface area (Å²) in [5, 5.41) is 4.27. The fraction of sp³-hybridized carbons (Fsp3) is 0.615. The molecule has 1 aliphatic carbocycles. The number of hydrogen-bond acceptors (Lipinski definition) is 2. The van der Waals surface area contributed by atoms with Gasteiger partial charge in [-0.2, -0.15) is 5.10 Å². The van der Waals surface area contributed by atoms with Crippen molar-refractivity contribution in [1.82, 2.24) is 9.78 Å². The van der Waals surface area contributed by atoms with Gasteiger partial charge in [-0.3, -0.25) is 4.68 Å². The Morgan fingerprint density at radius 2 is 2.38 bits per heavy atom. The van der Waals surface area contributed by atoms with Crippen molar-refractivity contribution in [3.05, 3.63) is 29.6 Å². The predicted molar refractivity (Wildman–Crippen MR) is 66.0 cm³/mol. The number of aromatic nitrogens is 2. The Hall–Kier alpha value is -1.09. The maximum atomic E-state index is 6.25. The van der Waals surface area contributed by atoms with E-state index in [1.165, 1.54) is 31.3 Å². The van der Waals surface area contributed by atoms with Gasteiger partial charge in [0.1, 0.15) is 0 Å². The second kappa shape index (κ2) is 5.30. The van der Waals surface area contributed by atoms with Crippen LogP contribution in [0.3, 0.4) is 0 Å². The summed E-state index contributed by atoms with van der Waals surface area (Å²) in [6.45, 7) is 3.00. The standard InChI is InChI=1S/C13H21N3/c1-2-16-13(8-9-15-16)12(14)10-11-6-4-3-5-7-11/h6,8-9,12H,2-5,7,10,14H2,1H3. The van der Waals surface area contributed by atoms with Crippen molar-refractivity contribution < 1.29 is 0 Å². The Bertz CT molecular complexity index is 365. The van der Waals surface area contributed by atoms with Crippen LogP contribution in [0.4, 0.5) is 0 Å². The molecule has 0 aliphatic heterocycles. The van der Waals surface area contributed by atoms with E-state index in [4.69, 9.17) is 5.73 Å². The van der Waals surface area contributed by atoms with Gasteiger partial charge in [0.2, 0.25) is 0 Å². The molecule has 16 heavy (non-hydrogen) atoms. The van der Waals surface area contributed by atoms with Gasteiger partial charge in [0.15, 0.2) is 0 Å². The highest BCUT2D eigenvalue weighted by Crippen LogP contribution is 2.25. The first kappa shape index (κ1) is 11.4. The van der Waals surface area contributed by atoms with E-state index in [0.717, 1.165) is 18.7 Å². The van der Waals surface area contributed by atoms with E-state index in [-0.39, 0.29) is 6.04 Å². The van der Waals surface area contributed by atoms with E-state index in [0.29, 0.717) is 0 Å². The lowest BCUT2D eigenvalue weighted by molar-refractivity contribution is 0.553. The summed E-state index contributed by atoms with van der Waals surface area (Å²) < 4.78 is 1.99. The predicted octanol–water partition coefficient (Wildman–Crippen LogP) is 2.79. The van der Waals surface area contributed by atoms with Gasteiger partial charge < -0.3 is 5.73 Å². The Kier molecular flexibility index (Phi) is 3.78. The van der Waals surface area contributed by atoms with Gasteiger partial charge in [-0.25, -0.2) is 0 Å². The Labute approximate surface area is 97.3 Å². The molecule has 1 aromatic rings. The second-order valence-corrected chi connectivity index (χ2v) is 4.49. The molecule has 0 fully saturated rings. The van der Waals surface area contributed by atoms with Gasteiger partial charge in [-0.05, 0) is 45.1 Å². The summed E-state index contributed by atoms with van der Waals surface area (Å²) in [6, 6.07) is 2.14. The van der Waals surface area contributed by atoms with E-state index < -0.39 is 0 Å². The first-order valence-corrected chi connectivity index (χ1v) is 6.26. The number of aryl methyl sites for hydroxylation is 1. The number of nitrogens with zero attached hydrogens (tertiary/aromatic N) is 2. The van der Waals surface area contributed by atoms with Gasteiger partial charge >= 0.3 is 0 Å². The van der Waals surface area contributed by atoms with Crippen LogP contribution in [0, 0.1) is 0 Å². The monoisotopic (exact) mass is 219 g/mol. The van der Waals surface area contributed by atoms with Gasteiger partial charge in [0.05, 0.1) is 11.7 Å². The Morgan fingerprint density at radius 3 is 3.06 bits per heavy atom. The molecular formula is C13H21N3. The third kappa shape index (κ3) is 2.53. The zero-order valence-electron chi connectivity index (χ0n) is 10.0. The van der Waals surface area contributed by atoms with Crippen molar-refractivity contribution in [3.63, 3.8) is 0 Å². The molecule has 2 N–H and O–H groups in total. The van der Waals surface area contributed by atoms with Crippen molar-refractivity contribution in [2.24, 2.45) is 5.73 Å². The lowest BCUT2D eigenvalue weighted by Gasteiger charge is -2.18. The minimum atomic E-state index is 0.104. The highest BCUT2D eigenvalue weighted by atomic mass is 15.3. The van der Waals surface area contributed by atoms with E-state index in [1.54, 1.807) is 0 Å². The van der Waals surface area contributed by atoms with Crippen LogP contribution in [0.2, 0.25) is 0 Å². The lowest BCUT2D eigenvalue weighted by Crippen LogP contribution is -2.17. The Morgan fingerprint density at radius 1 is 1.50 bits per heavy atom. The summed E-state index contributed by atoms with van der Waals surface area (Å²) in [5.74, 6) is 0. The van der Waals surface area contributed by atoms with Crippen LogP contribution in [0.5, 0.6) is 0 Å². The molecular weight excluding hydrogens is 198 g/mol. The number of allylic oxidation sites excluding steroid dienone is 1. The summed E-state index contributed by atoms with van der Waals surface area (Å²) >= 11 is 0. The van der Waals surface area contributed by atoms with Gasteiger partial charge in [0, 0.05) is 12.7 Å². The first-order chi connectivity index (χ1) is 7.81. The third-order valence-corrected chi connectivity index (χ3v) is 3.30. The second-order valence-electron chi connectivity index (χ2n) is 4.49. The molecule has 0 spiro atoms. The highest BCUT2D eigenvalue weighted by molar-refractivity contribution is 5.13. The van der Waals surface area contributed by atoms with Crippen molar-refractivity contribution >= 4 is 0 Å². The molecule has 1 unspecified atom stereocenters. The fourth-order valence-corrected chi connectivity index (χ4v) is 2.40.